The molecule has 174 valence electrons. The Morgan fingerprint density at radius 3 is 1.93 bits per heavy atom. The van der Waals surface area contributed by atoms with E-state index in [1.807, 2.05) is 6.92 Å². The van der Waals surface area contributed by atoms with Crippen molar-refractivity contribution < 1.29 is 8.78 Å². The number of hydrogen-bond acceptors (Lipinski definition) is 2. The van der Waals surface area contributed by atoms with Crippen LogP contribution in [0.2, 0.25) is 0 Å². The van der Waals surface area contributed by atoms with Crippen molar-refractivity contribution in [2.45, 2.75) is 87.0 Å². The van der Waals surface area contributed by atoms with Crippen LogP contribution in [0.3, 0.4) is 0 Å². The molecular formula is C26H46F2N2. The highest BCUT2D eigenvalue weighted by molar-refractivity contribution is 6.08. The van der Waals surface area contributed by atoms with Gasteiger partial charge in [-0.1, -0.05) is 98.3 Å². The highest BCUT2D eigenvalue weighted by atomic mass is 19.1. The summed E-state index contributed by atoms with van der Waals surface area (Å²) in [4.78, 5) is 0. The summed E-state index contributed by atoms with van der Waals surface area (Å²) in [5, 5.41) is 3.55. The maximum atomic E-state index is 12.8. The first-order valence-corrected chi connectivity index (χ1v) is 11.3. The standard InChI is InChI=1S/C10H11FN2.C9H18.C6H14.CH3F/c1-2-4-10(13-12)8-5-3-6-9(11)7-8;1-3-8-6-5-7-9(8)4-2;1-5-6(2,3)4;1-2/h2-7H,12H2,1H3;8-9H,3-7H2,1-2H3;5H2,1-4H3;1H3/b4-2-,13-10+;;;. The Hall–Kier alpha value is -1.71. The number of allylic oxidation sites excluding steroid dienone is 2. The van der Waals surface area contributed by atoms with E-state index in [-0.39, 0.29) is 5.82 Å². The largest absolute Gasteiger partial charge is 0.323 e. The molecule has 1 fully saturated rings. The summed E-state index contributed by atoms with van der Waals surface area (Å²) in [6.07, 6.45) is 12.1. The molecule has 1 aromatic rings. The molecule has 30 heavy (non-hydrogen) atoms. The molecule has 2 rings (SSSR count). The zero-order chi connectivity index (χ0) is 23.6. The lowest BCUT2D eigenvalue weighted by atomic mass is 9.92. The number of hydrogen-bond donors (Lipinski definition) is 1. The van der Waals surface area contributed by atoms with Crippen LogP contribution < -0.4 is 5.84 Å². The highest BCUT2D eigenvalue weighted by Crippen LogP contribution is 2.35. The first-order chi connectivity index (χ1) is 14.2. The average Bonchev–Trinajstić information content (AvgIpc) is 3.22. The summed E-state index contributed by atoms with van der Waals surface area (Å²) in [5.41, 5.74) is 1.79. The van der Waals surface area contributed by atoms with Crippen LogP contribution >= 0.6 is 0 Å². The van der Waals surface area contributed by atoms with Gasteiger partial charge in [0.15, 0.2) is 0 Å². The number of hydrazone groups is 1. The van der Waals surface area contributed by atoms with Gasteiger partial charge >= 0.3 is 0 Å². The molecule has 0 saturated heterocycles. The Bertz CT molecular complexity index is 579. The Morgan fingerprint density at radius 2 is 1.60 bits per heavy atom. The molecule has 2 unspecified atom stereocenters. The summed E-state index contributed by atoms with van der Waals surface area (Å²) >= 11 is 0. The van der Waals surface area contributed by atoms with E-state index in [4.69, 9.17) is 5.84 Å². The number of alkyl halides is 1. The highest BCUT2D eigenvalue weighted by Gasteiger charge is 2.23. The fourth-order valence-corrected chi connectivity index (χ4v) is 3.21. The van der Waals surface area contributed by atoms with E-state index in [0.717, 1.165) is 11.8 Å². The first-order valence-electron chi connectivity index (χ1n) is 11.3. The van der Waals surface area contributed by atoms with E-state index in [1.54, 1.807) is 24.3 Å². The molecule has 0 heterocycles. The van der Waals surface area contributed by atoms with Crippen LogP contribution in [0.1, 0.15) is 92.6 Å². The van der Waals surface area contributed by atoms with Crippen LogP contribution in [0, 0.1) is 23.1 Å². The van der Waals surface area contributed by atoms with Gasteiger partial charge in [0.25, 0.3) is 0 Å². The van der Waals surface area contributed by atoms with Gasteiger partial charge in [0.1, 0.15) is 5.82 Å². The fraction of sp³-hybridized carbons (Fsp3) is 0.654. The molecule has 1 aliphatic carbocycles. The van der Waals surface area contributed by atoms with Gasteiger partial charge in [0.2, 0.25) is 0 Å². The Balaban J connectivity index is 0. The molecule has 0 bridgehead atoms. The van der Waals surface area contributed by atoms with Gasteiger partial charge in [-0.3, -0.25) is 4.39 Å². The minimum atomic E-state index is -0.289. The van der Waals surface area contributed by atoms with Crippen molar-refractivity contribution in [2.75, 3.05) is 7.18 Å². The molecule has 1 saturated carbocycles. The lowest BCUT2D eigenvalue weighted by Gasteiger charge is -2.14. The molecule has 0 spiro atoms. The normalized spacial score (nSPS) is 18.5. The van der Waals surface area contributed by atoms with Crippen molar-refractivity contribution >= 4 is 5.71 Å². The second-order valence-corrected chi connectivity index (χ2v) is 8.71. The van der Waals surface area contributed by atoms with E-state index in [9.17, 15) is 8.78 Å². The van der Waals surface area contributed by atoms with Gasteiger partial charge < -0.3 is 5.84 Å². The second kappa shape index (κ2) is 18.1. The lowest BCUT2D eigenvalue weighted by Crippen LogP contribution is -2.04. The molecule has 0 amide bonds. The maximum Gasteiger partial charge on any atom is 0.123 e. The van der Waals surface area contributed by atoms with Gasteiger partial charge in [0.05, 0.1) is 12.9 Å². The van der Waals surface area contributed by atoms with Crippen LogP contribution in [0.5, 0.6) is 0 Å². The van der Waals surface area contributed by atoms with Gasteiger partial charge in [-0.15, -0.1) is 0 Å². The van der Waals surface area contributed by atoms with E-state index in [2.05, 4.69) is 46.6 Å². The number of nitrogens with zero attached hydrogens (tertiary/aromatic N) is 1. The fourth-order valence-electron chi connectivity index (χ4n) is 3.21. The average molecular weight is 425 g/mol. The Kier molecular flexibility index (Phi) is 18.4. The smallest absolute Gasteiger partial charge is 0.123 e. The number of rotatable bonds is 4. The molecule has 1 aliphatic rings. The molecule has 2 atom stereocenters. The van der Waals surface area contributed by atoms with Crippen LogP contribution in [-0.2, 0) is 0 Å². The number of nitrogens with two attached hydrogens (primary N) is 1. The van der Waals surface area contributed by atoms with Crippen molar-refractivity contribution in [1.82, 2.24) is 0 Å². The third-order valence-corrected chi connectivity index (χ3v) is 5.51. The first kappa shape index (κ1) is 30.5. The van der Waals surface area contributed by atoms with Crippen molar-refractivity contribution in [3.63, 3.8) is 0 Å². The SMILES string of the molecule is C/C=C\C(=N/N)c1cccc(F)c1.CCC(C)(C)C.CCC1CCCC1CC.CF. The predicted octanol–water partition coefficient (Wildman–Crippen LogP) is 8.32. The van der Waals surface area contributed by atoms with Gasteiger partial charge in [0, 0.05) is 5.56 Å². The third kappa shape index (κ3) is 14.3. The summed E-state index contributed by atoms with van der Waals surface area (Å²) in [7, 11) is 0.500. The predicted molar refractivity (Wildman–Crippen MR) is 130 cm³/mol. The molecule has 2 N–H and O–H groups in total. The minimum absolute atomic E-state index is 0.289. The van der Waals surface area contributed by atoms with E-state index < -0.39 is 0 Å². The maximum absolute atomic E-state index is 12.8. The summed E-state index contributed by atoms with van der Waals surface area (Å²) < 4.78 is 22.3. The van der Waals surface area contributed by atoms with Crippen molar-refractivity contribution in [3.05, 3.63) is 47.8 Å². The van der Waals surface area contributed by atoms with E-state index >= 15 is 0 Å². The molecule has 0 aliphatic heterocycles. The van der Waals surface area contributed by atoms with E-state index in [0.29, 0.717) is 23.9 Å². The molecule has 0 radical (unpaired) electrons. The molecular weight excluding hydrogens is 378 g/mol. The van der Waals surface area contributed by atoms with Crippen LogP contribution in [0.4, 0.5) is 8.78 Å². The molecule has 0 aromatic heterocycles. The Morgan fingerprint density at radius 1 is 1.10 bits per heavy atom. The quantitative estimate of drug-likeness (QED) is 0.294. The Labute approximate surface area is 185 Å². The summed E-state index contributed by atoms with van der Waals surface area (Å²) in [6, 6.07) is 6.16. The monoisotopic (exact) mass is 424 g/mol. The van der Waals surface area contributed by atoms with Crippen molar-refractivity contribution in [2.24, 2.45) is 28.2 Å². The van der Waals surface area contributed by atoms with E-state index in [1.165, 1.54) is 50.7 Å². The van der Waals surface area contributed by atoms with Gasteiger partial charge in [-0.2, -0.15) is 5.10 Å². The summed E-state index contributed by atoms with van der Waals surface area (Å²) in [5.74, 6) is 7.02. The zero-order valence-corrected chi connectivity index (χ0v) is 20.6. The van der Waals surface area contributed by atoms with Gasteiger partial charge in [-0.05, 0) is 42.4 Å². The third-order valence-electron chi connectivity index (χ3n) is 5.51. The molecule has 4 heteroatoms. The van der Waals surface area contributed by atoms with Crippen molar-refractivity contribution in [1.29, 1.82) is 0 Å². The second-order valence-electron chi connectivity index (χ2n) is 8.71. The topological polar surface area (TPSA) is 38.4 Å². The zero-order valence-electron chi connectivity index (χ0n) is 20.6. The molecule has 1 aromatic carbocycles. The summed E-state index contributed by atoms with van der Waals surface area (Å²) in [6.45, 7) is 15.5. The van der Waals surface area contributed by atoms with Crippen LogP contribution in [0.15, 0.2) is 41.5 Å². The van der Waals surface area contributed by atoms with Crippen LogP contribution in [-0.4, -0.2) is 12.9 Å². The van der Waals surface area contributed by atoms with Gasteiger partial charge in [-0.25, -0.2) is 4.39 Å². The lowest BCUT2D eigenvalue weighted by molar-refractivity contribution is 0.367. The number of halogens is 2. The van der Waals surface area contributed by atoms with Crippen molar-refractivity contribution in [3.8, 4) is 0 Å². The number of benzene rings is 1. The minimum Gasteiger partial charge on any atom is -0.323 e. The van der Waals surface area contributed by atoms with Crippen LogP contribution in [0.25, 0.3) is 0 Å². The molecule has 2 nitrogen and oxygen atoms in total.